The number of hydrogen-bond acceptors (Lipinski definition) is 7. The number of anilines is 2. The van der Waals surface area contributed by atoms with Gasteiger partial charge in [0.05, 0.1) is 18.4 Å². The van der Waals surface area contributed by atoms with Gasteiger partial charge in [0.15, 0.2) is 0 Å². The number of urea groups is 1. The number of benzene rings is 3. The minimum atomic E-state index is -4.56. The molecule has 0 unspecified atom stereocenters. The Bertz CT molecular complexity index is 1600. The van der Waals surface area contributed by atoms with Gasteiger partial charge in [-0.25, -0.2) is 13.2 Å². The molecule has 0 atom stereocenters. The van der Waals surface area contributed by atoms with Crippen molar-refractivity contribution in [2.75, 3.05) is 16.3 Å². The number of aromatic nitrogens is 2. The van der Waals surface area contributed by atoms with E-state index in [0.717, 1.165) is 17.0 Å². The number of ether oxygens (including phenoxy) is 1. The Morgan fingerprint density at radius 2 is 1.68 bits per heavy atom. The van der Waals surface area contributed by atoms with Crippen LogP contribution in [0.4, 0.5) is 29.3 Å². The predicted molar refractivity (Wildman–Crippen MR) is 125 cm³/mol. The second-order valence-corrected chi connectivity index (χ2v) is 9.62. The van der Waals surface area contributed by atoms with E-state index >= 15 is 0 Å². The maximum absolute atomic E-state index is 13.6. The zero-order chi connectivity index (χ0) is 26.4. The molecule has 37 heavy (non-hydrogen) atoms. The van der Waals surface area contributed by atoms with Crippen molar-refractivity contribution in [2.45, 2.75) is 17.6 Å². The normalized spacial score (nSPS) is 15.0. The Hall–Kier alpha value is -4.39. The summed E-state index contributed by atoms with van der Waals surface area (Å²) in [6.45, 7) is -0.344. The first-order valence-electron chi connectivity index (χ1n) is 10.7. The van der Waals surface area contributed by atoms with E-state index in [1.54, 1.807) is 18.2 Å². The van der Waals surface area contributed by atoms with Gasteiger partial charge in [0.25, 0.3) is 10.0 Å². The zero-order valence-electron chi connectivity index (χ0n) is 19.0. The van der Waals surface area contributed by atoms with Crippen molar-refractivity contribution in [1.29, 1.82) is 0 Å². The number of halogens is 3. The molecule has 0 radical (unpaired) electrons. The number of sulfonamides is 1. The number of carbonyl (C=O) groups excluding carboxylic acids is 1. The number of fused-ring (bicyclic) bond motifs is 1. The SMILES string of the molecule is COc1ccccc1N1C(=O)N(Cc2nc(-c3cccc(C(F)(F)F)c3)no2)c2ccccc2S1(=O)=O. The largest absolute Gasteiger partial charge is 0.495 e. The monoisotopic (exact) mass is 530 g/mol. The van der Waals surface area contributed by atoms with Gasteiger partial charge in [0.2, 0.25) is 11.7 Å². The molecule has 5 rings (SSSR count). The van der Waals surface area contributed by atoms with Crippen molar-refractivity contribution in [2.24, 2.45) is 0 Å². The highest BCUT2D eigenvalue weighted by atomic mass is 32.2. The van der Waals surface area contributed by atoms with Crippen LogP contribution in [0.5, 0.6) is 5.75 Å². The highest BCUT2D eigenvalue weighted by Crippen LogP contribution is 2.41. The van der Waals surface area contributed by atoms with Crippen molar-refractivity contribution in [3.63, 3.8) is 0 Å². The first-order valence-corrected chi connectivity index (χ1v) is 12.1. The van der Waals surface area contributed by atoms with Crippen molar-refractivity contribution >= 4 is 27.4 Å². The maximum Gasteiger partial charge on any atom is 0.416 e. The van der Waals surface area contributed by atoms with Crippen LogP contribution in [0.2, 0.25) is 0 Å². The molecule has 0 N–H and O–H groups in total. The quantitative estimate of drug-likeness (QED) is 0.354. The van der Waals surface area contributed by atoms with Crippen LogP contribution < -0.4 is 13.9 Å². The Balaban J connectivity index is 1.55. The predicted octanol–water partition coefficient (Wildman–Crippen LogP) is 5.10. The van der Waals surface area contributed by atoms with E-state index in [0.29, 0.717) is 4.31 Å². The number of hydrogen-bond donors (Lipinski definition) is 0. The number of para-hydroxylation sites is 3. The number of alkyl halides is 3. The highest BCUT2D eigenvalue weighted by molar-refractivity contribution is 7.94. The molecule has 9 nitrogen and oxygen atoms in total. The molecule has 0 saturated carbocycles. The number of rotatable bonds is 5. The van der Waals surface area contributed by atoms with E-state index in [1.165, 1.54) is 49.6 Å². The van der Waals surface area contributed by atoms with E-state index in [1.807, 2.05) is 0 Å². The third-order valence-electron chi connectivity index (χ3n) is 5.59. The van der Waals surface area contributed by atoms with Gasteiger partial charge >= 0.3 is 12.2 Å². The lowest BCUT2D eigenvalue weighted by molar-refractivity contribution is -0.137. The van der Waals surface area contributed by atoms with Gasteiger partial charge in [-0.2, -0.15) is 22.5 Å². The van der Waals surface area contributed by atoms with Gasteiger partial charge < -0.3 is 9.26 Å². The Kier molecular flexibility index (Phi) is 5.86. The van der Waals surface area contributed by atoms with Crippen molar-refractivity contribution < 1.29 is 35.6 Å². The standard InChI is InChI=1S/C24H17F3N4O5S/c1-35-19-11-4-2-9-17(19)31-23(32)30(18-10-3-5-12-20(18)37(31,33)34)14-21-28-22(29-36-21)15-7-6-8-16(13-15)24(25,26)27/h2-13H,14H2,1H3. The lowest BCUT2D eigenvalue weighted by Crippen LogP contribution is -2.50. The Morgan fingerprint density at radius 3 is 2.41 bits per heavy atom. The molecule has 0 spiro atoms. The summed E-state index contributed by atoms with van der Waals surface area (Å²) in [5, 5.41) is 3.75. The average molecular weight is 530 g/mol. The summed E-state index contributed by atoms with van der Waals surface area (Å²) in [5.74, 6) is -0.0775. The van der Waals surface area contributed by atoms with E-state index in [9.17, 15) is 26.4 Å². The van der Waals surface area contributed by atoms with Crippen LogP contribution >= 0.6 is 0 Å². The lowest BCUT2D eigenvalue weighted by atomic mass is 10.1. The van der Waals surface area contributed by atoms with Gasteiger partial charge in [-0.05, 0) is 36.4 Å². The summed E-state index contributed by atoms with van der Waals surface area (Å²) in [7, 11) is -2.96. The van der Waals surface area contributed by atoms with Gasteiger partial charge in [0, 0.05) is 5.56 Å². The summed E-state index contributed by atoms with van der Waals surface area (Å²) in [6.07, 6.45) is -4.56. The molecular formula is C24H17F3N4O5S. The topological polar surface area (TPSA) is 106 Å². The maximum atomic E-state index is 13.6. The van der Waals surface area contributed by atoms with Gasteiger partial charge in [0.1, 0.15) is 22.9 Å². The molecule has 13 heteroatoms. The van der Waals surface area contributed by atoms with E-state index < -0.39 is 27.8 Å². The molecule has 1 aliphatic rings. The number of carbonyl (C=O) groups is 1. The van der Waals surface area contributed by atoms with Crippen LogP contribution in [-0.2, 0) is 22.7 Å². The summed E-state index contributed by atoms with van der Waals surface area (Å²) < 4.78 is 77.4. The van der Waals surface area contributed by atoms with Crippen LogP contribution in [0, 0.1) is 0 Å². The van der Waals surface area contributed by atoms with Crippen LogP contribution in [-0.4, -0.2) is 31.7 Å². The lowest BCUT2D eigenvalue weighted by Gasteiger charge is -2.35. The van der Waals surface area contributed by atoms with Crippen LogP contribution in [0.3, 0.4) is 0 Å². The molecule has 3 aromatic carbocycles. The van der Waals surface area contributed by atoms with Crippen molar-refractivity contribution in [1.82, 2.24) is 10.1 Å². The van der Waals surface area contributed by atoms with Crippen LogP contribution in [0.25, 0.3) is 11.4 Å². The summed E-state index contributed by atoms with van der Waals surface area (Å²) in [6, 6.07) is 15.5. The smallest absolute Gasteiger partial charge is 0.416 e. The molecule has 1 aromatic heterocycles. The molecule has 0 saturated heterocycles. The van der Waals surface area contributed by atoms with Gasteiger partial charge in [-0.1, -0.05) is 41.6 Å². The number of methoxy groups -OCH3 is 1. The molecule has 2 amide bonds. The Labute approximate surface area is 208 Å². The van der Waals surface area contributed by atoms with Crippen LogP contribution in [0.1, 0.15) is 11.5 Å². The van der Waals surface area contributed by atoms with Gasteiger partial charge in [-0.3, -0.25) is 4.90 Å². The molecule has 0 bridgehead atoms. The van der Waals surface area contributed by atoms with Crippen molar-refractivity contribution in [3.05, 3.63) is 84.3 Å². The van der Waals surface area contributed by atoms with Gasteiger partial charge in [-0.15, -0.1) is 0 Å². The second-order valence-electron chi connectivity index (χ2n) is 7.87. The van der Waals surface area contributed by atoms with E-state index in [2.05, 4.69) is 10.1 Å². The van der Waals surface area contributed by atoms with E-state index in [-0.39, 0.29) is 45.8 Å². The van der Waals surface area contributed by atoms with Crippen LogP contribution in [0.15, 0.2) is 82.2 Å². The highest BCUT2D eigenvalue weighted by Gasteiger charge is 2.44. The zero-order valence-corrected chi connectivity index (χ0v) is 19.8. The fourth-order valence-corrected chi connectivity index (χ4v) is 5.50. The molecular weight excluding hydrogens is 513 g/mol. The summed E-state index contributed by atoms with van der Waals surface area (Å²) in [5.41, 5.74) is -0.732. The molecule has 1 aliphatic heterocycles. The molecule has 4 aromatic rings. The number of nitrogens with zero attached hydrogens (tertiary/aromatic N) is 4. The first kappa shape index (κ1) is 24.3. The minimum absolute atomic E-state index is 0.00434. The fourth-order valence-electron chi connectivity index (χ4n) is 3.90. The summed E-state index contributed by atoms with van der Waals surface area (Å²) in [4.78, 5) is 18.7. The molecule has 2 heterocycles. The third kappa shape index (κ3) is 4.27. The Morgan fingerprint density at radius 1 is 0.973 bits per heavy atom. The van der Waals surface area contributed by atoms with E-state index in [4.69, 9.17) is 9.26 Å². The minimum Gasteiger partial charge on any atom is -0.495 e. The first-order chi connectivity index (χ1) is 17.6. The fraction of sp³-hybridized carbons (Fsp3) is 0.125. The number of amides is 2. The second kappa shape index (κ2) is 8.92. The average Bonchev–Trinajstić information content (AvgIpc) is 3.35. The third-order valence-corrected chi connectivity index (χ3v) is 7.33. The van der Waals surface area contributed by atoms with Crippen molar-refractivity contribution in [3.8, 4) is 17.1 Å². The molecule has 0 fully saturated rings. The summed E-state index contributed by atoms with van der Waals surface area (Å²) >= 11 is 0. The molecule has 0 aliphatic carbocycles. The molecule has 190 valence electrons.